The highest BCUT2D eigenvalue weighted by molar-refractivity contribution is 6.30. The lowest BCUT2D eigenvalue weighted by atomic mass is 10.1. The molecule has 0 atom stereocenters. The van der Waals surface area contributed by atoms with Crippen molar-refractivity contribution in [3.8, 4) is 0 Å². The number of benzene rings is 2. The molecule has 0 saturated carbocycles. The third-order valence-electron chi connectivity index (χ3n) is 3.86. The Bertz CT molecular complexity index is 662. The Labute approximate surface area is 141 Å². The number of morpholine rings is 1. The molecule has 0 spiro atoms. The molecule has 3 rings (SSSR count). The Morgan fingerprint density at radius 1 is 1.04 bits per heavy atom. The molecule has 5 heteroatoms. The van der Waals surface area contributed by atoms with Gasteiger partial charge in [-0.25, -0.2) is 0 Å². The van der Waals surface area contributed by atoms with Crippen molar-refractivity contribution in [1.82, 2.24) is 0 Å². The zero-order valence-electron chi connectivity index (χ0n) is 13.1. The van der Waals surface area contributed by atoms with Crippen LogP contribution in [0, 0.1) is 0 Å². The predicted octanol–water partition coefficient (Wildman–Crippen LogP) is 4.01. The highest BCUT2D eigenvalue weighted by Crippen LogP contribution is 2.18. The highest BCUT2D eigenvalue weighted by atomic mass is 35.5. The van der Waals surface area contributed by atoms with Gasteiger partial charge in [0, 0.05) is 23.8 Å². The van der Waals surface area contributed by atoms with Gasteiger partial charge in [-0.3, -0.25) is 5.43 Å². The fourth-order valence-corrected chi connectivity index (χ4v) is 2.60. The smallest absolute Gasteiger partial charge is 0.0648 e. The van der Waals surface area contributed by atoms with Gasteiger partial charge in [0.1, 0.15) is 0 Å². The molecule has 0 amide bonds. The minimum absolute atomic E-state index is 0.718. The molecule has 1 N–H and O–H groups in total. The Kier molecular flexibility index (Phi) is 5.16. The summed E-state index contributed by atoms with van der Waals surface area (Å²) in [4.78, 5) is 2.34. The van der Waals surface area contributed by atoms with Gasteiger partial charge in [-0.1, -0.05) is 23.7 Å². The summed E-state index contributed by atoms with van der Waals surface area (Å²) in [5, 5.41) is 5.14. The number of nitrogens with one attached hydrogen (secondary N) is 1. The second kappa shape index (κ2) is 7.49. The van der Waals surface area contributed by atoms with E-state index in [9.17, 15) is 0 Å². The molecule has 0 bridgehead atoms. The number of hydrogen-bond donors (Lipinski definition) is 1. The normalized spacial score (nSPS) is 15.6. The first-order chi connectivity index (χ1) is 11.2. The van der Waals surface area contributed by atoms with Crippen molar-refractivity contribution < 1.29 is 4.74 Å². The van der Waals surface area contributed by atoms with Gasteiger partial charge < -0.3 is 9.64 Å². The van der Waals surface area contributed by atoms with E-state index >= 15 is 0 Å². The summed E-state index contributed by atoms with van der Waals surface area (Å²) in [5.74, 6) is 0. The van der Waals surface area contributed by atoms with E-state index in [0.29, 0.717) is 0 Å². The fourth-order valence-electron chi connectivity index (χ4n) is 2.47. The van der Waals surface area contributed by atoms with Crippen LogP contribution in [0.15, 0.2) is 53.6 Å². The van der Waals surface area contributed by atoms with Gasteiger partial charge >= 0.3 is 0 Å². The summed E-state index contributed by atoms with van der Waals surface area (Å²) < 4.78 is 5.39. The number of hydrazone groups is 1. The Morgan fingerprint density at radius 2 is 1.70 bits per heavy atom. The minimum Gasteiger partial charge on any atom is -0.378 e. The van der Waals surface area contributed by atoms with Crippen LogP contribution in [0.3, 0.4) is 0 Å². The lowest BCUT2D eigenvalue weighted by Crippen LogP contribution is -2.36. The van der Waals surface area contributed by atoms with Crippen LogP contribution < -0.4 is 10.3 Å². The first-order valence-electron chi connectivity index (χ1n) is 7.71. The maximum Gasteiger partial charge on any atom is 0.0648 e. The van der Waals surface area contributed by atoms with E-state index < -0.39 is 0 Å². The number of hydrogen-bond acceptors (Lipinski definition) is 4. The second-order valence-electron chi connectivity index (χ2n) is 5.46. The van der Waals surface area contributed by atoms with E-state index in [2.05, 4.69) is 39.7 Å². The topological polar surface area (TPSA) is 36.9 Å². The maximum absolute atomic E-state index is 5.87. The van der Waals surface area contributed by atoms with Gasteiger partial charge in [0.2, 0.25) is 0 Å². The van der Waals surface area contributed by atoms with E-state index in [1.807, 2.05) is 31.2 Å². The summed E-state index contributed by atoms with van der Waals surface area (Å²) >= 11 is 5.87. The Balaban J connectivity index is 1.65. The van der Waals surface area contributed by atoms with Crippen LogP contribution in [0.25, 0.3) is 0 Å². The summed E-state index contributed by atoms with van der Waals surface area (Å²) in [6, 6.07) is 16.0. The van der Waals surface area contributed by atoms with Crippen LogP contribution in [0.5, 0.6) is 0 Å². The van der Waals surface area contributed by atoms with Gasteiger partial charge in [0.25, 0.3) is 0 Å². The lowest BCUT2D eigenvalue weighted by molar-refractivity contribution is 0.122. The van der Waals surface area contributed by atoms with Crippen molar-refractivity contribution in [1.29, 1.82) is 0 Å². The average molecular weight is 330 g/mol. The molecule has 1 saturated heterocycles. The molecular weight excluding hydrogens is 310 g/mol. The van der Waals surface area contributed by atoms with E-state index in [1.54, 1.807) is 0 Å². The molecule has 0 radical (unpaired) electrons. The molecule has 0 aliphatic carbocycles. The second-order valence-corrected chi connectivity index (χ2v) is 5.90. The number of anilines is 2. The van der Waals surface area contributed by atoms with Crippen LogP contribution in [0.4, 0.5) is 11.4 Å². The van der Waals surface area contributed by atoms with Gasteiger partial charge in [0.15, 0.2) is 0 Å². The van der Waals surface area contributed by atoms with E-state index in [-0.39, 0.29) is 0 Å². The van der Waals surface area contributed by atoms with Gasteiger partial charge in [-0.15, -0.1) is 0 Å². The molecule has 4 nitrogen and oxygen atoms in total. The average Bonchev–Trinajstić information content (AvgIpc) is 2.62. The quantitative estimate of drug-likeness (QED) is 0.680. The van der Waals surface area contributed by atoms with Crippen LogP contribution in [0.1, 0.15) is 12.5 Å². The standard InChI is InChI=1S/C18H20ClN3O/c1-14(20-21-17-6-4-16(19)5-7-17)15-2-8-18(9-3-15)22-10-12-23-13-11-22/h2-9,21H,10-13H2,1H3/b20-14-. The number of halogens is 1. The van der Waals surface area contributed by atoms with Crippen LogP contribution in [-0.2, 0) is 4.74 Å². The molecule has 0 unspecified atom stereocenters. The first kappa shape index (κ1) is 15.8. The summed E-state index contributed by atoms with van der Waals surface area (Å²) in [6.07, 6.45) is 0. The van der Waals surface area contributed by atoms with Crippen LogP contribution in [-0.4, -0.2) is 32.0 Å². The molecule has 1 aliphatic heterocycles. The van der Waals surface area contributed by atoms with E-state index in [4.69, 9.17) is 16.3 Å². The predicted molar refractivity (Wildman–Crippen MR) is 96.8 cm³/mol. The van der Waals surface area contributed by atoms with Crippen LogP contribution >= 0.6 is 11.6 Å². The van der Waals surface area contributed by atoms with Crippen molar-refractivity contribution in [3.63, 3.8) is 0 Å². The summed E-state index contributed by atoms with van der Waals surface area (Å²) in [7, 11) is 0. The largest absolute Gasteiger partial charge is 0.378 e. The van der Waals surface area contributed by atoms with Crippen LogP contribution in [0.2, 0.25) is 5.02 Å². The van der Waals surface area contributed by atoms with Gasteiger partial charge in [0.05, 0.1) is 24.6 Å². The molecule has 0 aromatic heterocycles. The van der Waals surface area contributed by atoms with E-state index in [1.165, 1.54) is 5.69 Å². The number of rotatable bonds is 4. The van der Waals surface area contributed by atoms with Crippen molar-refractivity contribution in [3.05, 3.63) is 59.1 Å². The van der Waals surface area contributed by atoms with Crippen molar-refractivity contribution in [2.24, 2.45) is 5.10 Å². The molecule has 1 aliphatic rings. The van der Waals surface area contributed by atoms with Crippen molar-refractivity contribution in [2.45, 2.75) is 6.92 Å². The zero-order chi connectivity index (χ0) is 16.1. The molecule has 2 aromatic rings. The molecule has 1 fully saturated rings. The molecule has 1 heterocycles. The van der Waals surface area contributed by atoms with E-state index in [0.717, 1.165) is 48.3 Å². The SMILES string of the molecule is C/C(=N/Nc1ccc(Cl)cc1)c1ccc(N2CCOCC2)cc1. The minimum atomic E-state index is 0.718. The summed E-state index contributed by atoms with van der Waals surface area (Å²) in [5.41, 5.74) is 7.24. The van der Waals surface area contributed by atoms with Gasteiger partial charge in [-0.05, 0) is 48.9 Å². The molecular formula is C18H20ClN3O. The molecule has 23 heavy (non-hydrogen) atoms. The van der Waals surface area contributed by atoms with Crippen molar-refractivity contribution in [2.75, 3.05) is 36.6 Å². The monoisotopic (exact) mass is 329 g/mol. The Morgan fingerprint density at radius 3 is 2.35 bits per heavy atom. The number of nitrogens with zero attached hydrogens (tertiary/aromatic N) is 2. The highest BCUT2D eigenvalue weighted by Gasteiger charge is 2.10. The maximum atomic E-state index is 5.87. The zero-order valence-corrected chi connectivity index (χ0v) is 13.9. The van der Waals surface area contributed by atoms with Crippen molar-refractivity contribution >= 4 is 28.7 Å². The summed E-state index contributed by atoms with van der Waals surface area (Å²) in [6.45, 7) is 5.49. The van der Waals surface area contributed by atoms with Gasteiger partial charge in [-0.2, -0.15) is 5.10 Å². The Hall–Kier alpha value is -2.04. The number of ether oxygens (including phenoxy) is 1. The first-order valence-corrected chi connectivity index (χ1v) is 8.09. The molecule has 120 valence electrons. The third-order valence-corrected chi connectivity index (χ3v) is 4.11. The lowest BCUT2D eigenvalue weighted by Gasteiger charge is -2.28. The third kappa shape index (κ3) is 4.24. The fraction of sp³-hybridized carbons (Fsp3) is 0.278. The molecule has 2 aromatic carbocycles.